The highest BCUT2D eigenvalue weighted by Crippen LogP contribution is 2.36. The number of benzene rings is 3. The molecule has 5 nitrogen and oxygen atoms in total. The molecule has 1 aliphatic heterocycles. The summed E-state index contributed by atoms with van der Waals surface area (Å²) in [6.07, 6.45) is 4.78. The van der Waals surface area contributed by atoms with E-state index in [0.29, 0.717) is 39.8 Å². The zero-order valence-corrected chi connectivity index (χ0v) is 22.6. The lowest BCUT2D eigenvalue weighted by Gasteiger charge is -2.15. The molecule has 37 heavy (non-hydrogen) atoms. The first-order valence-corrected chi connectivity index (χ1v) is 13.5. The van der Waals surface area contributed by atoms with Crippen LogP contribution in [0.5, 0.6) is 0 Å². The van der Waals surface area contributed by atoms with Crippen molar-refractivity contribution in [3.8, 4) is 0 Å². The van der Waals surface area contributed by atoms with Crippen LogP contribution >= 0.6 is 35.0 Å². The van der Waals surface area contributed by atoms with Gasteiger partial charge < -0.3 is 9.30 Å². The van der Waals surface area contributed by atoms with Crippen LogP contribution in [-0.4, -0.2) is 40.8 Å². The second kappa shape index (κ2) is 11.6. The number of thioether (sulfide) groups is 1. The van der Waals surface area contributed by atoms with Crippen molar-refractivity contribution in [1.29, 1.82) is 0 Å². The third-order valence-electron chi connectivity index (χ3n) is 6.04. The van der Waals surface area contributed by atoms with Gasteiger partial charge in [0.15, 0.2) is 5.17 Å². The van der Waals surface area contributed by atoms with Gasteiger partial charge in [-0.15, -0.1) is 0 Å². The molecule has 8 heteroatoms. The summed E-state index contributed by atoms with van der Waals surface area (Å²) in [4.78, 5) is 20.7. The minimum atomic E-state index is -0.0444. The third kappa shape index (κ3) is 5.78. The van der Waals surface area contributed by atoms with E-state index in [1.54, 1.807) is 12.0 Å². The van der Waals surface area contributed by atoms with Gasteiger partial charge in [0.1, 0.15) is 0 Å². The zero-order chi connectivity index (χ0) is 25.8. The average Bonchev–Trinajstić information content (AvgIpc) is 3.39. The van der Waals surface area contributed by atoms with E-state index in [1.165, 1.54) is 11.8 Å². The number of aromatic nitrogens is 1. The molecule has 0 unspecified atom stereocenters. The Kier molecular flexibility index (Phi) is 8.01. The summed E-state index contributed by atoms with van der Waals surface area (Å²) in [7, 11) is 1.67. The van der Waals surface area contributed by atoms with Crippen molar-refractivity contribution in [3.05, 3.63) is 105 Å². The lowest BCUT2D eigenvalue weighted by atomic mass is 10.1. The fourth-order valence-corrected chi connectivity index (χ4v) is 5.60. The van der Waals surface area contributed by atoms with E-state index >= 15 is 0 Å². The first kappa shape index (κ1) is 25.6. The molecule has 0 saturated carbocycles. The summed E-state index contributed by atoms with van der Waals surface area (Å²) in [5.74, 6) is -0.0444. The van der Waals surface area contributed by atoms with Crippen molar-refractivity contribution >= 4 is 68.7 Å². The Hall–Kier alpha value is -3.03. The van der Waals surface area contributed by atoms with Crippen LogP contribution < -0.4 is 0 Å². The number of carbonyl (C=O) groups is 1. The Bertz CT molecular complexity index is 1500. The quantitative estimate of drug-likeness (QED) is 0.167. The van der Waals surface area contributed by atoms with Crippen LogP contribution in [0.3, 0.4) is 0 Å². The monoisotopic (exact) mass is 549 g/mol. The second-order valence-electron chi connectivity index (χ2n) is 8.62. The number of para-hydroxylation sites is 2. The number of aliphatic imine (C=N–C) groups is 1. The molecule has 1 fully saturated rings. The van der Waals surface area contributed by atoms with Crippen molar-refractivity contribution in [2.75, 3.05) is 20.3 Å². The maximum absolute atomic E-state index is 13.5. The minimum Gasteiger partial charge on any atom is -0.385 e. The average molecular weight is 551 g/mol. The number of hydrogen-bond acceptors (Lipinski definition) is 4. The van der Waals surface area contributed by atoms with Gasteiger partial charge in [-0.05, 0) is 60.2 Å². The maximum atomic E-state index is 13.5. The lowest BCUT2D eigenvalue weighted by molar-refractivity contribution is -0.122. The number of methoxy groups -OCH3 is 1. The molecule has 3 aromatic carbocycles. The van der Waals surface area contributed by atoms with Crippen molar-refractivity contribution in [1.82, 2.24) is 9.47 Å². The van der Waals surface area contributed by atoms with Crippen molar-refractivity contribution in [2.24, 2.45) is 4.99 Å². The van der Waals surface area contributed by atoms with Gasteiger partial charge in [-0.25, -0.2) is 4.99 Å². The molecular formula is C29H25Cl2N3O2S. The number of amides is 1. The Balaban J connectivity index is 1.50. The number of carbonyl (C=O) groups excluding carboxylic acids is 1. The van der Waals surface area contributed by atoms with Gasteiger partial charge in [-0.3, -0.25) is 9.69 Å². The number of ether oxygens (including phenoxy) is 1. The summed E-state index contributed by atoms with van der Waals surface area (Å²) < 4.78 is 7.38. The van der Waals surface area contributed by atoms with Gasteiger partial charge in [0.2, 0.25) is 0 Å². The molecule has 0 spiro atoms. The van der Waals surface area contributed by atoms with E-state index in [0.717, 1.165) is 34.1 Å². The molecule has 0 bridgehead atoms. The van der Waals surface area contributed by atoms with Crippen molar-refractivity contribution in [3.63, 3.8) is 0 Å². The molecule has 1 aliphatic rings. The van der Waals surface area contributed by atoms with Gasteiger partial charge >= 0.3 is 0 Å². The topological polar surface area (TPSA) is 46.8 Å². The van der Waals surface area contributed by atoms with Crippen LogP contribution in [0.15, 0.2) is 88.9 Å². The Morgan fingerprint density at radius 1 is 1.00 bits per heavy atom. The largest absolute Gasteiger partial charge is 0.385 e. The standard InChI is InChI=1S/C29H25Cl2N3O2S/c1-36-15-7-14-34-28(35)27(37-29(34)32-22-8-3-2-4-9-22)17-21-19-33(26-11-6-5-10-23(21)26)18-20-12-13-24(30)25(31)16-20/h2-6,8-13,16-17,19H,7,14-15,18H2,1H3/b27-17-,32-29?. The van der Waals surface area contributed by atoms with E-state index in [4.69, 9.17) is 32.9 Å². The predicted octanol–water partition coefficient (Wildman–Crippen LogP) is 7.64. The summed E-state index contributed by atoms with van der Waals surface area (Å²) in [5.41, 5.74) is 3.91. The van der Waals surface area contributed by atoms with Crippen LogP contribution in [0.4, 0.5) is 5.69 Å². The molecule has 1 amide bonds. The van der Waals surface area contributed by atoms with E-state index < -0.39 is 0 Å². The lowest BCUT2D eigenvalue weighted by Crippen LogP contribution is -2.30. The van der Waals surface area contributed by atoms with E-state index in [2.05, 4.69) is 22.9 Å². The normalized spacial score (nSPS) is 16.0. The van der Waals surface area contributed by atoms with Gasteiger partial charge in [0.05, 0.1) is 20.6 Å². The maximum Gasteiger partial charge on any atom is 0.266 e. The van der Waals surface area contributed by atoms with Crippen LogP contribution in [-0.2, 0) is 16.1 Å². The Morgan fingerprint density at radius 3 is 2.57 bits per heavy atom. The number of amidine groups is 1. The summed E-state index contributed by atoms with van der Waals surface area (Å²) in [6, 6.07) is 23.6. The van der Waals surface area contributed by atoms with Crippen molar-refractivity contribution < 1.29 is 9.53 Å². The molecule has 188 valence electrons. The highest BCUT2D eigenvalue weighted by atomic mass is 35.5. The first-order valence-electron chi connectivity index (χ1n) is 11.9. The van der Waals surface area contributed by atoms with Crippen LogP contribution in [0.1, 0.15) is 17.5 Å². The van der Waals surface area contributed by atoms with E-state index in [9.17, 15) is 4.79 Å². The molecule has 4 aromatic rings. The summed E-state index contributed by atoms with van der Waals surface area (Å²) in [5, 5.41) is 2.82. The zero-order valence-electron chi connectivity index (χ0n) is 20.2. The molecule has 1 saturated heterocycles. The summed E-state index contributed by atoms with van der Waals surface area (Å²) in [6.45, 7) is 1.75. The van der Waals surface area contributed by atoms with Crippen LogP contribution in [0, 0.1) is 0 Å². The molecule has 1 aromatic heterocycles. The first-order chi connectivity index (χ1) is 18.0. The number of hydrogen-bond donors (Lipinski definition) is 0. The predicted molar refractivity (Wildman–Crippen MR) is 155 cm³/mol. The second-order valence-corrected chi connectivity index (χ2v) is 10.4. The molecule has 5 rings (SSSR count). The smallest absolute Gasteiger partial charge is 0.266 e. The molecule has 2 heterocycles. The number of halogens is 2. The van der Waals surface area contributed by atoms with Gasteiger partial charge in [0.25, 0.3) is 5.91 Å². The molecular weight excluding hydrogens is 525 g/mol. The van der Waals surface area contributed by atoms with Gasteiger partial charge in [-0.1, -0.05) is 65.7 Å². The van der Waals surface area contributed by atoms with Crippen LogP contribution in [0.25, 0.3) is 17.0 Å². The fraction of sp³-hybridized carbons (Fsp3) is 0.172. The SMILES string of the molecule is COCCCN1C(=O)/C(=C/c2cn(Cc3ccc(Cl)c(Cl)c3)c3ccccc23)SC1=Nc1ccccc1. The number of rotatable bonds is 8. The van der Waals surface area contributed by atoms with Crippen LogP contribution in [0.2, 0.25) is 10.0 Å². The number of fused-ring (bicyclic) bond motifs is 1. The molecule has 0 atom stereocenters. The van der Waals surface area contributed by atoms with Crippen molar-refractivity contribution in [2.45, 2.75) is 13.0 Å². The molecule has 0 aliphatic carbocycles. The number of nitrogens with zero attached hydrogens (tertiary/aromatic N) is 3. The third-order valence-corrected chi connectivity index (χ3v) is 7.79. The highest BCUT2D eigenvalue weighted by Gasteiger charge is 2.33. The van der Waals surface area contributed by atoms with Gasteiger partial charge in [0, 0.05) is 49.5 Å². The Labute approximate surface area is 230 Å². The molecule has 0 radical (unpaired) electrons. The van der Waals surface area contributed by atoms with Gasteiger partial charge in [-0.2, -0.15) is 0 Å². The Morgan fingerprint density at radius 2 is 1.78 bits per heavy atom. The fourth-order valence-electron chi connectivity index (χ4n) is 4.27. The minimum absolute atomic E-state index is 0.0444. The summed E-state index contributed by atoms with van der Waals surface area (Å²) >= 11 is 13.8. The van der Waals surface area contributed by atoms with E-state index in [-0.39, 0.29) is 5.91 Å². The molecule has 0 N–H and O–H groups in total. The highest BCUT2D eigenvalue weighted by molar-refractivity contribution is 8.18. The van der Waals surface area contributed by atoms with E-state index in [1.807, 2.05) is 66.7 Å².